The number of nitrogens with one attached hydrogen (secondary N) is 1. The van der Waals surface area contributed by atoms with Gasteiger partial charge in [-0.3, -0.25) is 9.59 Å². The van der Waals surface area contributed by atoms with E-state index in [1.165, 1.54) is 19.2 Å². The Balaban J connectivity index is 1.84. The molecule has 0 radical (unpaired) electrons. The average molecular weight is 416 g/mol. The van der Waals surface area contributed by atoms with Crippen LogP contribution in [0.15, 0.2) is 60.8 Å². The van der Waals surface area contributed by atoms with Gasteiger partial charge in [0.15, 0.2) is 5.69 Å². The van der Waals surface area contributed by atoms with Crippen molar-refractivity contribution in [3.8, 4) is 5.69 Å². The van der Waals surface area contributed by atoms with Crippen LogP contribution in [0.1, 0.15) is 21.6 Å². The van der Waals surface area contributed by atoms with Gasteiger partial charge in [-0.05, 0) is 31.2 Å². The maximum absolute atomic E-state index is 13.8. The third-order valence-corrected chi connectivity index (χ3v) is 4.33. The Labute approximate surface area is 170 Å². The average Bonchev–Trinajstić information content (AvgIpc) is 3.14. The summed E-state index contributed by atoms with van der Waals surface area (Å²) >= 11 is 0. The topological polar surface area (TPSA) is 67.2 Å². The molecule has 0 aliphatic heterocycles. The lowest BCUT2D eigenvalue weighted by atomic mass is 10.2. The van der Waals surface area contributed by atoms with Crippen LogP contribution in [0.5, 0.6) is 0 Å². The molecule has 2 amide bonds. The molecule has 1 heterocycles. The van der Waals surface area contributed by atoms with Crippen molar-refractivity contribution in [2.45, 2.75) is 13.1 Å². The lowest BCUT2D eigenvalue weighted by Gasteiger charge is -2.18. The smallest absolute Gasteiger partial charge is 0.332 e. The van der Waals surface area contributed by atoms with E-state index in [0.717, 1.165) is 16.7 Å². The van der Waals surface area contributed by atoms with Gasteiger partial charge in [0, 0.05) is 12.7 Å². The quantitative estimate of drug-likeness (QED) is 0.686. The summed E-state index contributed by atoms with van der Waals surface area (Å²) in [5, 5.41) is 6.37. The monoisotopic (exact) mass is 416 g/mol. The number of carbonyl (C=O) groups excluding carboxylic acids is 2. The van der Waals surface area contributed by atoms with Gasteiger partial charge in [0.25, 0.3) is 5.91 Å². The first kappa shape index (κ1) is 21.1. The Bertz CT molecular complexity index is 1040. The molecule has 3 aromatic rings. The van der Waals surface area contributed by atoms with Crippen LogP contribution < -0.4 is 5.32 Å². The van der Waals surface area contributed by atoms with Gasteiger partial charge in [0.05, 0.1) is 24.0 Å². The highest BCUT2D eigenvalue weighted by Crippen LogP contribution is 2.34. The summed E-state index contributed by atoms with van der Waals surface area (Å²) in [6, 6.07) is 14.8. The number of benzene rings is 2. The van der Waals surface area contributed by atoms with Crippen LogP contribution in [0.25, 0.3) is 5.69 Å². The van der Waals surface area contributed by atoms with Crippen molar-refractivity contribution in [3.63, 3.8) is 0 Å². The number of para-hydroxylation sites is 1. The number of amides is 2. The SMILES string of the molecule is Cc1ccc(-n2ncc(C(=O)N(C)CC(=O)Nc3ccccc3)c2C(F)(F)F)cc1. The van der Waals surface area contributed by atoms with E-state index < -0.39 is 35.8 Å². The van der Waals surface area contributed by atoms with Crippen molar-refractivity contribution < 1.29 is 22.8 Å². The lowest BCUT2D eigenvalue weighted by molar-refractivity contribution is -0.143. The first-order valence-electron chi connectivity index (χ1n) is 8.99. The Hall–Kier alpha value is -3.62. The molecule has 0 saturated carbocycles. The van der Waals surface area contributed by atoms with Crippen LogP contribution in [0.4, 0.5) is 18.9 Å². The van der Waals surface area contributed by atoms with Crippen molar-refractivity contribution in [1.29, 1.82) is 0 Å². The van der Waals surface area contributed by atoms with Gasteiger partial charge >= 0.3 is 6.18 Å². The first-order chi connectivity index (χ1) is 14.2. The number of anilines is 1. The molecule has 0 aliphatic carbocycles. The molecule has 0 unspecified atom stereocenters. The van der Waals surface area contributed by atoms with Crippen LogP contribution in [-0.4, -0.2) is 40.1 Å². The van der Waals surface area contributed by atoms with E-state index in [-0.39, 0.29) is 5.69 Å². The fourth-order valence-corrected chi connectivity index (χ4v) is 2.87. The maximum Gasteiger partial charge on any atom is 0.434 e. The zero-order valence-electron chi connectivity index (χ0n) is 16.3. The third-order valence-electron chi connectivity index (χ3n) is 4.33. The number of carbonyl (C=O) groups is 2. The minimum absolute atomic E-state index is 0.177. The minimum atomic E-state index is -4.82. The normalized spacial score (nSPS) is 11.2. The second-order valence-corrected chi connectivity index (χ2v) is 6.73. The number of aromatic nitrogens is 2. The molecule has 156 valence electrons. The highest BCUT2D eigenvalue weighted by atomic mass is 19.4. The van der Waals surface area contributed by atoms with Crippen LogP contribution in [-0.2, 0) is 11.0 Å². The summed E-state index contributed by atoms with van der Waals surface area (Å²) in [5.74, 6) is -1.49. The van der Waals surface area contributed by atoms with Crippen molar-refractivity contribution in [3.05, 3.63) is 77.6 Å². The molecule has 0 bridgehead atoms. The van der Waals surface area contributed by atoms with Crippen molar-refractivity contribution in [1.82, 2.24) is 14.7 Å². The van der Waals surface area contributed by atoms with Crippen LogP contribution in [0, 0.1) is 6.92 Å². The lowest BCUT2D eigenvalue weighted by Crippen LogP contribution is -2.35. The molecular formula is C21H19F3N4O2. The molecule has 3 rings (SSSR count). The minimum Gasteiger partial charge on any atom is -0.332 e. The fraction of sp³-hybridized carbons (Fsp3) is 0.190. The molecule has 0 saturated heterocycles. The second kappa shape index (κ2) is 8.40. The van der Waals surface area contributed by atoms with E-state index in [4.69, 9.17) is 0 Å². The molecule has 30 heavy (non-hydrogen) atoms. The highest BCUT2D eigenvalue weighted by molar-refractivity contribution is 5.99. The molecule has 1 N–H and O–H groups in total. The number of alkyl halides is 3. The summed E-state index contributed by atoms with van der Waals surface area (Å²) in [5.41, 5.74) is -0.243. The number of hydrogen-bond donors (Lipinski definition) is 1. The Morgan fingerprint density at radius 3 is 2.30 bits per heavy atom. The summed E-state index contributed by atoms with van der Waals surface area (Å²) in [7, 11) is 1.26. The van der Waals surface area contributed by atoms with E-state index in [1.54, 1.807) is 42.5 Å². The Morgan fingerprint density at radius 1 is 1.07 bits per heavy atom. The van der Waals surface area contributed by atoms with E-state index in [0.29, 0.717) is 10.4 Å². The predicted molar refractivity (Wildman–Crippen MR) is 105 cm³/mol. The molecule has 0 spiro atoms. The van der Waals surface area contributed by atoms with Crippen LogP contribution in [0.3, 0.4) is 0 Å². The Kier molecular flexibility index (Phi) is 5.91. The van der Waals surface area contributed by atoms with Gasteiger partial charge < -0.3 is 10.2 Å². The number of nitrogens with zero attached hydrogens (tertiary/aromatic N) is 3. The van der Waals surface area contributed by atoms with Gasteiger partial charge in [0.1, 0.15) is 0 Å². The third kappa shape index (κ3) is 4.68. The fourth-order valence-electron chi connectivity index (χ4n) is 2.87. The van der Waals surface area contributed by atoms with Crippen LogP contribution >= 0.6 is 0 Å². The molecule has 6 nitrogen and oxygen atoms in total. The summed E-state index contributed by atoms with van der Waals surface area (Å²) in [4.78, 5) is 25.8. The van der Waals surface area contributed by atoms with Gasteiger partial charge in [0.2, 0.25) is 5.91 Å². The summed E-state index contributed by atoms with van der Waals surface area (Å²) in [6.45, 7) is 1.39. The standard InChI is InChI=1S/C21H19F3N4O2/c1-14-8-10-16(11-9-14)28-19(21(22,23)24)17(12-25-28)20(30)27(2)13-18(29)26-15-6-4-3-5-7-15/h3-12H,13H2,1-2H3,(H,26,29). The zero-order chi connectivity index (χ0) is 21.9. The Morgan fingerprint density at radius 2 is 1.70 bits per heavy atom. The van der Waals surface area contributed by atoms with Crippen molar-refractivity contribution in [2.24, 2.45) is 0 Å². The molecule has 0 atom stereocenters. The van der Waals surface area contributed by atoms with E-state index in [1.807, 2.05) is 6.92 Å². The van der Waals surface area contributed by atoms with E-state index in [2.05, 4.69) is 10.4 Å². The molecule has 2 aromatic carbocycles. The zero-order valence-corrected chi connectivity index (χ0v) is 16.3. The van der Waals surface area contributed by atoms with Gasteiger partial charge in [-0.25, -0.2) is 4.68 Å². The van der Waals surface area contributed by atoms with Gasteiger partial charge in [-0.2, -0.15) is 18.3 Å². The van der Waals surface area contributed by atoms with Gasteiger partial charge in [-0.1, -0.05) is 35.9 Å². The maximum atomic E-state index is 13.8. The second-order valence-electron chi connectivity index (χ2n) is 6.73. The first-order valence-corrected chi connectivity index (χ1v) is 8.99. The van der Waals surface area contributed by atoms with Crippen LogP contribution in [0.2, 0.25) is 0 Å². The number of rotatable bonds is 5. The molecular weight excluding hydrogens is 397 g/mol. The molecule has 0 fully saturated rings. The summed E-state index contributed by atoms with van der Waals surface area (Å²) in [6.07, 6.45) is -3.95. The summed E-state index contributed by atoms with van der Waals surface area (Å²) < 4.78 is 42.0. The van der Waals surface area contributed by atoms with Crippen molar-refractivity contribution >= 4 is 17.5 Å². The largest absolute Gasteiger partial charge is 0.434 e. The molecule has 0 aliphatic rings. The molecule has 9 heteroatoms. The van der Waals surface area contributed by atoms with E-state index >= 15 is 0 Å². The van der Waals surface area contributed by atoms with E-state index in [9.17, 15) is 22.8 Å². The number of hydrogen-bond acceptors (Lipinski definition) is 3. The predicted octanol–water partition coefficient (Wildman–Crippen LogP) is 3.91. The molecule has 1 aromatic heterocycles. The number of halogens is 3. The number of likely N-dealkylation sites (N-methyl/N-ethyl adjacent to an activating group) is 1. The highest BCUT2D eigenvalue weighted by Gasteiger charge is 2.41. The van der Waals surface area contributed by atoms with Crippen molar-refractivity contribution in [2.75, 3.05) is 18.9 Å². The van der Waals surface area contributed by atoms with Gasteiger partial charge in [-0.15, -0.1) is 0 Å². The number of aryl methyl sites for hydroxylation is 1.